The molecule has 0 radical (unpaired) electrons. The van der Waals surface area contributed by atoms with Crippen LogP contribution in [0.15, 0.2) is 35.1 Å². The van der Waals surface area contributed by atoms with Gasteiger partial charge in [-0.3, -0.25) is 9.78 Å². The SMILES string of the molecule is CCCCCCCNc1nc2cc(-c3ccc(F)cc3)sc2c(=O)[nH]1. The van der Waals surface area contributed by atoms with Crippen molar-refractivity contribution in [2.45, 2.75) is 39.0 Å². The first kappa shape index (κ1) is 17.6. The molecule has 2 aromatic heterocycles. The van der Waals surface area contributed by atoms with E-state index in [2.05, 4.69) is 22.2 Å². The molecule has 1 aromatic carbocycles. The quantitative estimate of drug-likeness (QED) is 0.545. The Balaban J connectivity index is 1.73. The van der Waals surface area contributed by atoms with Gasteiger partial charge < -0.3 is 5.32 Å². The van der Waals surface area contributed by atoms with E-state index in [0.717, 1.165) is 23.4 Å². The normalized spacial score (nSPS) is 11.1. The summed E-state index contributed by atoms with van der Waals surface area (Å²) in [5, 5.41) is 3.20. The minimum absolute atomic E-state index is 0.142. The predicted molar refractivity (Wildman–Crippen MR) is 103 cm³/mol. The number of benzene rings is 1. The fourth-order valence-corrected chi connectivity index (χ4v) is 3.71. The van der Waals surface area contributed by atoms with Crippen molar-refractivity contribution in [2.24, 2.45) is 0 Å². The number of halogens is 1. The van der Waals surface area contributed by atoms with Gasteiger partial charge in [0.25, 0.3) is 5.56 Å². The molecule has 0 amide bonds. The lowest BCUT2D eigenvalue weighted by molar-refractivity contribution is 0.628. The Morgan fingerprint density at radius 2 is 1.92 bits per heavy atom. The molecule has 6 heteroatoms. The molecule has 0 saturated carbocycles. The van der Waals surface area contributed by atoms with E-state index >= 15 is 0 Å². The van der Waals surface area contributed by atoms with Gasteiger partial charge in [0.1, 0.15) is 10.5 Å². The molecule has 0 saturated heterocycles. The summed E-state index contributed by atoms with van der Waals surface area (Å²) < 4.78 is 13.7. The van der Waals surface area contributed by atoms with Gasteiger partial charge in [0.05, 0.1) is 5.52 Å². The fraction of sp³-hybridized carbons (Fsp3) is 0.368. The first-order valence-electron chi connectivity index (χ1n) is 8.71. The van der Waals surface area contributed by atoms with E-state index in [9.17, 15) is 9.18 Å². The van der Waals surface area contributed by atoms with E-state index in [4.69, 9.17) is 0 Å². The van der Waals surface area contributed by atoms with Gasteiger partial charge in [-0.2, -0.15) is 0 Å². The number of hydrogen-bond donors (Lipinski definition) is 2. The molecule has 3 aromatic rings. The van der Waals surface area contributed by atoms with Gasteiger partial charge in [0.15, 0.2) is 0 Å². The average Bonchev–Trinajstić information content (AvgIpc) is 3.03. The van der Waals surface area contributed by atoms with Crippen LogP contribution in [0.1, 0.15) is 39.0 Å². The van der Waals surface area contributed by atoms with E-state index in [-0.39, 0.29) is 11.4 Å². The second-order valence-corrected chi connectivity index (χ2v) is 7.14. The lowest BCUT2D eigenvalue weighted by Gasteiger charge is -2.04. The minimum Gasteiger partial charge on any atom is -0.356 e. The van der Waals surface area contributed by atoms with Gasteiger partial charge >= 0.3 is 0 Å². The van der Waals surface area contributed by atoms with Crippen LogP contribution in [0.4, 0.5) is 10.3 Å². The molecule has 25 heavy (non-hydrogen) atoms. The molecule has 2 heterocycles. The van der Waals surface area contributed by atoms with Crippen molar-refractivity contribution in [3.05, 3.63) is 46.5 Å². The lowest BCUT2D eigenvalue weighted by Crippen LogP contribution is -2.12. The monoisotopic (exact) mass is 359 g/mol. The Bertz CT molecular complexity index is 886. The molecular formula is C19H22FN3OS. The number of rotatable bonds is 8. The van der Waals surface area contributed by atoms with Crippen molar-refractivity contribution in [3.8, 4) is 10.4 Å². The highest BCUT2D eigenvalue weighted by Gasteiger charge is 2.10. The summed E-state index contributed by atoms with van der Waals surface area (Å²) >= 11 is 1.37. The van der Waals surface area contributed by atoms with Crippen LogP contribution in [0.5, 0.6) is 0 Å². The van der Waals surface area contributed by atoms with E-state index in [1.807, 2.05) is 6.07 Å². The molecule has 0 unspecified atom stereocenters. The Hall–Kier alpha value is -2.21. The number of aromatic nitrogens is 2. The van der Waals surface area contributed by atoms with Crippen LogP contribution in [0.2, 0.25) is 0 Å². The zero-order chi connectivity index (χ0) is 17.6. The predicted octanol–water partition coefficient (Wildman–Crippen LogP) is 5.17. The van der Waals surface area contributed by atoms with Crippen molar-refractivity contribution in [1.82, 2.24) is 9.97 Å². The van der Waals surface area contributed by atoms with E-state index in [1.165, 1.54) is 49.2 Å². The van der Waals surface area contributed by atoms with Crippen LogP contribution < -0.4 is 10.9 Å². The number of fused-ring (bicyclic) bond motifs is 1. The number of hydrogen-bond acceptors (Lipinski definition) is 4. The Morgan fingerprint density at radius 3 is 2.68 bits per heavy atom. The highest BCUT2D eigenvalue weighted by Crippen LogP contribution is 2.31. The first-order chi connectivity index (χ1) is 12.2. The summed E-state index contributed by atoms with van der Waals surface area (Å²) in [5.74, 6) is 0.239. The number of thiophene rings is 1. The maximum Gasteiger partial charge on any atom is 0.270 e. The Morgan fingerprint density at radius 1 is 1.16 bits per heavy atom. The highest BCUT2D eigenvalue weighted by atomic mass is 32.1. The largest absolute Gasteiger partial charge is 0.356 e. The van der Waals surface area contributed by atoms with Crippen LogP contribution >= 0.6 is 11.3 Å². The maximum atomic E-state index is 13.1. The Labute approximate surface area is 150 Å². The van der Waals surface area contributed by atoms with E-state index in [1.54, 1.807) is 12.1 Å². The number of unbranched alkanes of at least 4 members (excludes halogenated alkanes) is 4. The Kier molecular flexibility index (Phi) is 5.81. The summed E-state index contributed by atoms with van der Waals surface area (Å²) in [6.07, 6.45) is 5.98. The maximum absolute atomic E-state index is 13.1. The third-order valence-corrected chi connectivity index (χ3v) is 5.26. The van der Waals surface area contributed by atoms with Crippen molar-refractivity contribution < 1.29 is 4.39 Å². The summed E-state index contributed by atoms with van der Waals surface area (Å²) in [5.41, 5.74) is 1.41. The second kappa shape index (κ2) is 8.25. The van der Waals surface area contributed by atoms with Crippen LogP contribution in [0.3, 0.4) is 0 Å². The third-order valence-electron chi connectivity index (χ3n) is 4.08. The average molecular weight is 359 g/mol. The summed E-state index contributed by atoms with van der Waals surface area (Å²) in [6.45, 7) is 3.00. The molecule has 132 valence electrons. The van der Waals surface area contributed by atoms with Crippen LogP contribution in [-0.4, -0.2) is 16.5 Å². The number of H-pyrrole nitrogens is 1. The molecule has 2 N–H and O–H groups in total. The van der Waals surface area contributed by atoms with E-state index in [0.29, 0.717) is 16.2 Å². The fourth-order valence-electron chi connectivity index (χ4n) is 2.72. The molecule has 0 spiro atoms. The second-order valence-electron chi connectivity index (χ2n) is 6.09. The molecule has 0 aliphatic rings. The van der Waals surface area contributed by atoms with Crippen molar-refractivity contribution in [2.75, 3.05) is 11.9 Å². The number of nitrogens with one attached hydrogen (secondary N) is 2. The van der Waals surface area contributed by atoms with Gasteiger partial charge in [0.2, 0.25) is 5.95 Å². The van der Waals surface area contributed by atoms with Crippen molar-refractivity contribution >= 4 is 27.5 Å². The lowest BCUT2D eigenvalue weighted by atomic mass is 10.1. The molecule has 3 rings (SSSR count). The van der Waals surface area contributed by atoms with Crippen molar-refractivity contribution in [3.63, 3.8) is 0 Å². The van der Waals surface area contributed by atoms with Crippen LogP contribution in [0, 0.1) is 5.82 Å². The minimum atomic E-state index is -0.272. The summed E-state index contributed by atoms with van der Waals surface area (Å²) in [7, 11) is 0. The zero-order valence-corrected chi connectivity index (χ0v) is 15.1. The molecule has 0 aliphatic carbocycles. The van der Waals surface area contributed by atoms with Gasteiger partial charge in [-0.1, -0.05) is 44.7 Å². The van der Waals surface area contributed by atoms with Gasteiger partial charge in [-0.15, -0.1) is 11.3 Å². The van der Waals surface area contributed by atoms with Gasteiger partial charge in [-0.05, 0) is 30.2 Å². The highest BCUT2D eigenvalue weighted by molar-refractivity contribution is 7.22. The molecule has 0 fully saturated rings. The zero-order valence-electron chi connectivity index (χ0n) is 14.3. The molecule has 0 aliphatic heterocycles. The molecule has 4 nitrogen and oxygen atoms in total. The standard InChI is InChI=1S/C19H22FN3OS/c1-2-3-4-5-6-11-21-19-22-15-12-16(25-17(15)18(24)23-19)13-7-9-14(20)10-8-13/h7-10,12H,2-6,11H2,1H3,(H2,21,22,23,24). The number of nitrogens with zero attached hydrogens (tertiary/aromatic N) is 1. The summed E-state index contributed by atoms with van der Waals surface area (Å²) in [4.78, 5) is 20.5. The van der Waals surface area contributed by atoms with Gasteiger partial charge in [-0.25, -0.2) is 9.37 Å². The molecule has 0 atom stereocenters. The number of anilines is 1. The summed E-state index contributed by atoms with van der Waals surface area (Å²) in [6, 6.07) is 8.15. The molecular weight excluding hydrogens is 337 g/mol. The van der Waals surface area contributed by atoms with E-state index < -0.39 is 0 Å². The first-order valence-corrected chi connectivity index (χ1v) is 9.52. The van der Waals surface area contributed by atoms with Crippen molar-refractivity contribution in [1.29, 1.82) is 0 Å². The molecule has 0 bridgehead atoms. The van der Waals surface area contributed by atoms with Crippen LogP contribution in [-0.2, 0) is 0 Å². The number of aromatic amines is 1. The van der Waals surface area contributed by atoms with Crippen LogP contribution in [0.25, 0.3) is 20.7 Å². The third kappa shape index (κ3) is 4.45. The van der Waals surface area contributed by atoms with Gasteiger partial charge in [0, 0.05) is 11.4 Å². The smallest absolute Gasteiger partial charge is 0.270 e. The topological polar surface area (TPSA) is 57.8 Å².